The molecule has 0 spiro atoms. The average molecular weight is 329 g/mol. The van der Waals surface area contributed by atoms with Crippen LogP contribution in [0.1, 0.15) is 18.9 Å². The molecule has 0 radical (unpaired) electrons. The van der Waals surface area contributed by atoms with Crippen molar-refractivity contribution in [2.75, 3.05) is 19.5 Å². The summed E-state index contributed by atoms with van der Waals surface area (Å²) in [5.41, 5.74) is 1.67. The molecular weight excluding hydrogens is 306 g/mol. The lowest BCUT2D eigenvalue weighted by Crippen LogP contribution is -2.32. The van der Waals surface area contributed by atoms with Crippen LogP contribution in [0.4, 0.5) is 5.69 Å². The largest absolute Gasteiger partial charge is 0.497 e. The van der Waals surface area contributed by atoms with Gasteiger partial charge in [0.25, 0.3) is 5.91 Å². The molecule has 2 aromatic carbocycles. The number of aryl methyl sites for hydroxylation is 1. The van der Waals surface area contributed by atoms with Crippen molar-refractivity contribution >= 4 is 11.6 Å². The van der Waals surface area contributed by atoms with Crippen LogP contribution in [0, 0.1) is 6.92 Å². The van der Waals surface area contributed by atoms with E-state index in [0.29, 0.717) is 29.4 Å². The van der Waals surface area contributed by atoms with Gasteiger partial charge in [0.15, 0.2) is 6.10 Å². The predicted octanol–water partition coefficient (Wildman–Crippen LogP) is 3.81. The summed E-state index contributed by atoms with van der Waals surface area (Å²) in [5.74, 6) is 1.67. The van der Waals surface area contributed by atoms with Crippen LogP contribution in [0.25, 0.3) is 0 Å². The number of ether oxygens (including phenoxy) is 3. The van der Waals surface area contributed by atoms with Gasteiger partial charge in [-0.15, -0.1) is 0 Å². The van der Waals surface area contributed by atoms with Crippen molar-refractivity contribution in [2.45, 2.75) is 26.4 Å². The molecule has 0 unspecified atom stereocenters. The molecule has 1 N–H and O–H groups in total. The quantitative estimate of drug-likeness (QED) is 0.839. The molecule has 0 bridgehead atoms. The minimum atomic E-state index is -0.609. The maximum atomic E-state index is 12.6. The van der Waals surface area contributed by atoms with Gasteiger partial charge in [0.1, 0.15) is 17.2 Å². The van der Waals surface area contributed by atoms with E-state index >= 15 is 0 Å². The van der Waals surface area contributed by atoms with Crippen molar-refractivity contribution in [3.8, 4) is 17.2 Å². The zero-order chi connectivity index (χ0) is 17.5. The number of nitrogens with one attached hydrogen (secondary N) is 1. The number of methoxy groups -OCH3 is 2. The highest BCUT2D eigenvalue weighted by molar-refractivity contribution is 5.95. The molecule has 1 amide bonds. The first-order valence-electron chi connectivity index (χ1n) is 7.83. The summed E-state index contributed by atoms with van der Waals surface area (Å²) in [5, 5.41) is 2.88. The van der Waals surface area contributed by atoms with Gasteiger partial charge in [-0.1, -0.05) is 19.1 Å². The summed E-state index contributed by atoms with van der Waals surface area (Å²) in [6, 6.07) is 12.8. The minimum absolute atomic E-state index is 0.218. The Labute approximate surface area is 142 Å². The van der Waals surface area contributed by atoms with Gasteiger partial charge < -0.3 is 19.5 Å². The molecule has 2 aromatic rings. The average Bonchev–Trinajstić information content (AvgIpc) is 2.60. The van der Waals surface area contributed by atoms with Crippen molar-refractivity contribution in [2.24, 2.45) is 0 Å². The second kappa shape index (κ2) is 8.24. The summed E-state index contributed by atoms with van der Waals surface area (Å²) < 4.78 is 16.3. The number of rotatable bonds is 7. The first-order chi connectivity index (χ1) is 11.6. The van der Waals surface area contributed by atoms with Crippen molar-refractivity contribution in [3.05, 3.63) is 48.0 Å². The fourth-order valence-corrected chi connectivity index (χ4v) is 2.29. The maximum absolute atomic E-state index is 12.6. The van der Waals surface area contributed by atoms with Gasteiger partial charge in [0, 0.05) is 6.07 Å². The van der Waals surface area contributed by atoms with Crippen molar-refractivity contribution in [1.29, 1.82) is 0 Å². The third-order valence-electron chi connectivity index (χ3n) is 3.60. The van der Waals surface area contributed by atoms with E-state index in [1.807, 2.05) is 44.2 Å². The third kappa shape index (κ3) is 4.41. The van der Waals surface area contributed by atoms with Gasteiger partial charge in [0.2, 0.25) is 0 Å². The molecule has 0 aromatic heterocycles. The minimum Gasteiger partial charge on any atom is -0.497 e. The maximum Gasteiger partial charge on any atom is 0.265 e. The lowest BCUT2D eigenvalue weighted by Gasteiger charge is -2.19. The number of hydrogen-bond acceptors (Lipinski definition) is 4. The summed E-state index contributed by atoms with van der Waals surface area (Å²) >= 11 is 0. The Kier molecular flexibility index (Phi) is 6.07. The van der Waals surface area contributed by atoms with E-state index < -0.39 is 6.10 Å². The molecule has 0 aliphatic rings. The van der Waals surface area contributed by atoms with E-state index in [1.54, 1.807) is 26.4 Å². The molecule has 2 rings (SSSR count). The molecule has 0 saturated carbocycles. The van der Waals surface area contributed by atoms with Gasteiger partial charge >= 0.3 is 0 Å². The molecule has 128 valence electrons. The van der Waals surface area contributed by atoms with E-state index in [9.17, 15) is 4.79 Å². The smallest absolute Gasteiger partial charge is 0.265 e. The Bertz CT molecular complexity index is 700. The van der Waals surface area contributed by atoms with E-state index in [-0.39, 0.29) is 5.91 Å². The number of amides is 1. The molecule has 0 heterocycles. The Morgan fingerprint density at radius 1 is 1.08 bits per heavy atom. The van der Waals surface area contributed by atoms with Crippen LogP contribution in [-0.4, -0.2) is 26.2 Å². The van der Waals surface area contributed by atoms with E-state index in [1.165, 1.54) is 0 Å². The second-order valence-electron chi connectivity index (χ2n) is 5.39. The van der Waals surface area contributed by atoms with E-state index in [0.717, 1.165) is 5.56 Å². The topological polar surface area (TPSA) is 56.8 Å². The molecule has 0 aliphatic heterocycles. The summed E-state index contributed by atoms with van der Waals surface area (Å²) in [6.45, 7) is 3.86. The fourth-order valence-electron chi connectivity index (χ4n) is 2.29. The molecular formula is C19H23NO4. The van der Waals surface area contributed by atoms with Gasteiger partial charge in [-0.05, 0) is 43.2 Å². The van der Waals surface area contributed by atoms with Crippen LogP contribution in [0.3, 0.4) is 0 Å². The Morgan fingerprint density at radius 3 is 2.50 bits per heavy atom. The second-order valence-corrected chi connectivity index (χ2v) is 5.39. The standard InChI is InChI=1S/C19H23NO4/c1-5-17(24-15-8-6-7-14(12-15)22-3)19(21)20-16-11-13(2)9-10-18(16)23-4/h6-12,17H,5H2,1-4H3,(H,20,21)/t17-/m1/s1. The van der Waals surface area contributed by atoms with Crippen molar-refractivity contribution in [1.82, 2.24) is 0 Å². The first-order valence-corrected chi connectivity index (χ1v) is 7.83. The number of anilines is 1. The zero-order valence-electron chi connectivity index (χ0n) is 14.5. The first kappa shape index (κ1) is 17.7. The van der Waals surface area contributed by atoms with Gasteiger partial charge in [0.05, 0.1) is 19.9 Å². The van der Waals surface area contributed by atoms with Gasteiger partial charge in [-0.3, -0.25) is 4.79 Å². The van der Waals surface area contributed by atoms with Crippen LogP contribution in [0.2, 0.25) is 0 Å². The summed E-state index contributed by atoms with van der Waals surface area (Å²) in [7, 11) is 3.16. The lowest BCUT2D eigenvalue weighted by molar-refractivity contribution is -0.122. The highest BCUT2D eigenvalue weighted by Crippen LogP contribution is 2.26. The monoisotopic (exact) mass is 329 g/mol. The van der Waals surface area contributed by atoms with Crippen LogP contribution in [0.5, 0.6) is 17.2 Å². The van der Waals surface area contributed by atoms with Gasteiger partial charge in [-0.25, -0.2) is 0 Å². The third-order valence-corrected chi connectivity index (χ3v) is 3.60. The Balaban J connectivity index is 2.12. The molecule has 0 aliphatic carbocycles. The number of hydrogen-bond donors (Lipinski definition) is 1. The fraction of sp³-hybridized carbons (Fsp3) is 0.316. The zero-order valence-corrected chi connectivity index (χ0v) is 14.5. The van der Waals surface area contributed by atoms with Crippen molar-refractivity contribution in [3.63, 3.8) is 0 Å². The highest BCUT2D eigenvalue weighted by atomic mass is 16.5. The molecule has 5 nitrogen and oxygen atoms in total. The lowest BCUT2D eigenvalue weighted by atomic mass is 10.2. The molecule has 0 saturated heterocycles. The van der Waals surface area contributed by atoms with Crippen LogP contribution >= 0.6 is 0 Å². The Morgan fingerprint density at radius 2 is 1.83 bits per heavy atom. The number of carbonyl (C=O) groups is 1. The van der Waals surface area contributed by atoms with Crippen molar-refractivity contribution < 1.29 is 19.0 Å². The number of carbonyl (C=O) groups excluding carboxylic acids is 1. The van der Waals surface area contributed by atoms with Crippen LogP contribution in [0.15, 0.2) is 42.5 Å². The highest BCUT2D eigenvalue weighted by Gasteiger charge is 2.20. The summed E-state index contributed by atoms with van der Waals surface area (Å²) in [6.07, 6.45) is -0.0701. The molecule has 24 heavy (non-hydrogen) atoms. The van der Waals surface area contributed by atoms with Gasteiger partial charge in [-0.2, -0.15) is 0 Å². The Hall–Kier alpha value is -2.69. The molecule has 0 fully saturated rings. The predicted molar refractivity (Wildman–Crippen MR) is 94.1 cm³/mol. The van der Waals surface area contributed by atoms with E-state index in [4.69, 9.17) is 14.2 Å². The number of benzene rings is 2. The summed E-state index contributed by atoms with van der Waals surface area (Å²) in [4.78, 5) is 12.6. The van der Waals surface area contributed by atoms with E-state index in [2.05, 4.69) is 5.32 Å². The SMILES string of the molecule is CC[C@@H](Oc1cccc(OC)c1)C(=O)Nc1cc(C)ccc1OC. The normalized spacial score (nSPS) is 11.5. The van der Waals surface area contributed by atoms with Crippen LogP contribution < -0.4 is 19.5 Å². The molecule has 1 atom stereocenters. The van der Waals surface area contributed by atoms with Crippen LogP contribution in [-0.2, 0) is 4.79 Å². The molecule has 5 heteroatoms.